The maximum atomic E-state index is 12.9. The molecule has 1 aromatic carbocycles. The number of sulfonamides is 1. The lowest BCUT2D eigenvalue weighted by Gasteiger charge is -2.21. The number of nitrogens with zero attached hydrogens (tertiary/aromatic N) is 2. The monoisotopic (exact) mass is 362 g/mol. The predicted molar refractivity (Wildman–Crippen MR) is 89.5 cm³/mol. The quantitative estimate of drug-likeness (QED) is 0.824. The van der Waals surface area contributed by atoms with E-state index in [4.69, 9.17) is 14.2 Å². The van der Waals surface area contributed by atoms with E-state index in [1.165, 1.54) is 10.4 Å². The molecule has 7 nitrogen and oxygen atoms in total. The van der Waals surface area contributed by atoms with Crippen LogP contribution in [0, 0.1) is 0 Å². The summed E-state index contributed by atoms with van der Waals surface area (Å²) in [5.74, 6) is 1.69. The molecule has 0 saturated carbocycles. The van der Waals surface area contributed by atoms with E-state index in [0.717, 1.165) is 0 Å². The Balaban J connectivity index is 1.49. The fourth-order valence-electron chi connectivity index (χ4n) is 2.95. The van der Waals surface area contributed by atoms with Gasteiger partial charge in [-0.15, -0.1) is 0 Å². The highest BCUT2D eigenvalue weighted by atomic mass is 32.2. The molecule has 1 fully saturated rings. The van der Waals surface area contributed by atoms with Crippen LogP contribution in [0.25, 0.3) is 0 Å². The van der Waals surface area contributed by atoms with Gasteiger partial charge in [-0.3, -0.25) is 4.98 Å². The van der Waals surface area contributed by atoms with Gasteiger partial charge in [0.1, 0.15) is 25.1 Å². The van der Waals surface area contributed by atoms with Crippen LogP contribution >= 0.6 is 0 Å². The molecular formula is C17H18N2O5S. The summed E-state index contributed by atoms with van der Waals surface area (Å²) in [6.45, 7) is 1.62. The first-order valence-electron chi connectivity index (χ1n) is 8.09. The zero-order valence-corrected chi connectivity index (χ0v) is 14.3. The molecule has 132 valence electrons. The van der Waals surface area contributed by atoms with E-state index >= 15 is 0 Å². The zero-order chi connectivity index (χ0) is 17.3. The summed E-state index contributed by atoms with van der Waals surface area (Å²) >= 11 is 0. The summed E-state index contributed by atoms with van der Waals surface area (Å²) in [4.78, 5) is 4.21. The molecule has 0 unspecified atom stereocenters. The molecule has 2 aliphatic heterocycles. The van der Waals surface area contributed by atoms with E-state index in [9.17, 15) is 8.42 Å². The zero-order valence-electron chi connectivity index (χ0n) is 13.5. The second kappa shape index (κ2) is 6.53. The van der Waals surface area contributed by atoms with Crippen LogP contribution in [0.3, 0.4) is 0 Å². The SMILES string of the molecule is O=S(=O)(c1ccc2c(c1)OCCO2)N1CC[C@@H](Oc2cccnc2)C1. The molecule has 25 heavy (non-hydrogen) atoms. The van der Waals surface area contributed by atoms with Crippen molar-refractivity contribution in [2.24, 2.45) is 0 Å². The Morgan fingerprint density at radius 2 is 2.00 bits per heavy atom. The highest BCUT2D eigenvalue weighted by molar-refractivity contribution is 7.89. The van der Waals surface area contributed by atoms with Gasteiger partial charge < -0.3 is 14.2 Å². The smallest absolute Gasteiger partial charge is 0.243 e. The standard InChI is InChI=1S/C17H18N2O5S/c20-25(21,15-3-4-16-17(10-15)23-9-8-22-16)19-7-5-14(12-19)24-13-2-1-6-18-11-13/h1-4,6,10-11,14H,5,7-9,12H2/t14-/m1/s1. The molecule has 0 spiro atoms. The Morgan fingerprint density at radius 1 is 1.16 bits per heavy atom. The molecule has 1 atom stereocenters. The molecule has 2 aromatic rings. The molecule has 1 saturated heterocycles. The number of hydrogen-bond donors (Lipinski definition) is 0. The minimum Gasteiger partial charge on any atom is -0.487 e. The summed E-state index contributed by atoms with van der Waals surface area (Å²) in [6.07, 6.45) is 3.74. The van der Waals surface area contributed by atoms with Gasteiger partial charge >= 0.3 is 0 Å². The van der Waals surface area contributed by atoms with E-state index in [2.05, 4.69) is 4.98 Å². The van der Waals surface area contributed by atoms with E-state index < -0.39 is 10.0 Å². The summed E-state index contributed by atoms with van der Waals surface area (Å²) in [5, 5.41) is 0. The second-order valence-electron chi connectivity index (χ2n) is 5.89. The lowest BCUT2D eigenvalue weighted by Crippen LogP contribution is -2.31. The Labute approximate surface area is 146 Å². The van der Waals surface area contributed by atoms with Crippen molar-refractivity contribution in [3.05, 3.63) is 42.7 Å². The molecule has 4 rings (SSSR count). The molecule has 2 aliphatic rings. The van der Waals surface area contributed by atoms with Crippen LogP contribution in [-0.4, -0.2) is 50.1 Å². The van der Waals surface area contributed by atoms with Crippen molar-refractivity contribution in [1.29, 1.82) is 0 Å². The normalized spacial score (nSPS) is 20.4. The minimum atomic E-state index is -3.60. The van der Waals surface area contributed by atoms with Crippen molar-refractivity contribution < 1.29 is 22.6 Å². The second-order valence-corrected chi connectivity index (χ2v) is 7.82. The molecular weight excluding hydrogens is 344 g/mol. The van der Waals surface area contributed by atoms with Crippen LogP contribution < -0.4 is 14.2 Å². The van der Waals surface area contributed by atoms with Gasteiger partial charge in [-0.2, -0.15) is 4.31 Å². The summed E-state index contributed by atoms with van der Waals surface area (Å²) < 4.78 is 43.9. The third-order valence-corrected chi connectivity index (χ3v) is 6.06. The summed E-state index contributed by atoms with van der Waals surface area (Å²) in [5.41, 5.74) is 0. The van der Waals surface area contributed by atoms with Crippen molar-refractivity contribution in [3.63, 3.8) is 0 Å². The van der Waals surface area contributed by atoms with Gasteiger partial charge in [-0.1, -0.05) is 0 Å². The Bertz CT molecular complexity index is 857. The first kappa shape index (κ1) is 16.2. The van der Waals surface area contributed by atoms with Gasteiger partial charge in [-0.25, -0.2) is 8.42 Å². The lowest BCUT2D eigenvalue weighted by atomic mass is 10.3. The maximum absolute atomic E-state index is 12.9. The first-order chi connectivity index (χ1) is 12.1. The fraction of sp³-hybridized carbons (Fsp3) is 0.353. The van der Waals surface area contributed by atoms with Crippen LogP contribution in [0.4, 0.5) is 0 Å². The Kier molecular flexibility index (Phi) is 4.22. The van der Waals surface area contributed by atoms with Crippen LogP contribution in [-0.2, 0) is 10.0 Å². The van der Waals surface area contributed by atoms with Crippen LogP contribution in [0.5, 0.6) is 17.2 Å². The third kappa shape index (κ3) is 3.27. The van der Waals surface area contributed by atoms with Gasteiger partial charge in [0.15, 0.2) is 11.5 Å². The molecule has 3 heterocycles. The van der Waals surface area contributed by atoms with Gasteiger partial charge in [0, 0.05) is 18.8 Å². The van der Waals surface area contributed by atoms with Crippen molar-refractivity contribution in [2.75, 3.05) is 26.3 Å². The van der Waals surface area contributed by atoms with Crippen molar-refractivity contribution in [1.82, 2.24) is 9.29 Å². The number of benzene rings is 1. The van der Waals surface area contributed by atoms with Crippen molar-refractivity contribution >= 4 is 10.0 Å². The topological polar surface area (TPSA) is 78.0 Å². The average molecular weight is 362 g/mol. The average Bonchev–Trinajstić information content (AvgIpc) is 3.11. The largest absolute Gasteiger partial charge is 0.487 e. The van der Waals surface area contributed by atoms with E-state index in [1.807, 2.05) is 6.07 Å². The molecule has 0 N–H and O–H groups in total. The van der Waals surface area contributed by atoms with Gasteiger partial charge in [-0.05, 0) is 30.7 Å². The summed E-state index contributed by atoms with van der Waals surface area (Å²) in [7, 11) is -3.60. The Hall–Kier alpha value is -2.32. The van der Waals surface area contributed by atoms with E-state index in [0.29, 0.717) is 50.0 Å². The number of ether oxygens (including phenoxy) is 3. The van der Waals surface area contributed by atoms with Crippen LogP contribution in [0.2, 0.25) is 0 Å². The molecule has 8 heteroatoms. The highest BCUT2D eigenvalue weighted by Gasteiger charge is 2.34. The Morgan fingerprint density at radius 3 is 2.80 bits per heavy atom. The number of fused-ring (bicyclic) bond motifs is 1. The maximum Gasteiger partial charge on any atom is 0.243 e. The van der Waals surface area contributed by atoms with Gasteiger partial charge in [0.2, 0.25) is 10.0 Å². The fourth-order valence-corrected chi connectivity index (χ4v) is 4.46. The molecule has 0 bridgehead atoms. The minimum absolute atomic E-state index is 0.184. The third-order valence-electron chi connectivity index (χ3n) is 4.20. The lowest BCUT2D eigenvalue weighted by molar-refractivity contribution is 0.171. The first-order valence-corrected chi connectivity index (χ1v) is 9.53. The predicted octanol–water partition coefficient (Wildman–Crippen LogP) is 1.69. The van der Waals surface area contributed by atoms with E-state index in [-0.39, 0.29) is 11.0 Å². The van der Waals surface area contributed by atoms with Crippen molar-refractivity contribution in [2.45, 2.75) is 17.4 Å². The number of aromatic nitrogens is 1. The summed E-state index contributed by atoms with van der Waals surface area (Å²) in [6, 6.07) is 8.32. The number of hydrogen-bond acceptors (Lipinski definition) is 6. The van der Waals surface area contributed by atoms with Crippen molar-refractivity contribution in [3.8, 4) is 17.2 Å². The molecule has 0 aliphatic carbocycles. The van der Waals surface area contributed by atoms with Crippen LogP contribution in [0.15, 0.2) is 47.6 Å². The van der Waals surface area contributed by atoms with Gasteiger partial charge in [0.25, 0.3) is 0 Å². The number of pyridine rings is 1. The number of rotatable bonds is 4. The molecule has 0 amide bonds. The van der Waals surface area contributed by atoms with Crippen LogP contribution in [0.1, 0.15) is 6.42 Å². The molecule has 1 aromatic heterocycles. The highest BCUT2D eigenvalue weighted by Crippen LogP contribution is 2.34. The molecule has 0 radical (unpaired) electrons. The van der Waals surface area contributed by atoms with Gasteiger partial charge in [0.05, 0.1) is 17.6 Å². The van der Waals surface area contributed by atoms with E-state index in [1.54, 1.807) is 30.6 Å².